The van der Waals surface area contributed by atoms with Crippen LogP contribution in [0.4, 0.5) is 0 Å². The highest BCUT2D eigenvalue weighted by molar-refractivity contribution is 8.00. The van der Waals surface area contributed by atoms with E-state index in [9.17, 15) is 0 Å². The number of rotatable bonds is 1. The van der Waals surface area contributed by atoms with Crippen molar-refractivity contribution in [1.82, 2.24) is 4.98 Å². The van der Waals surface area contributed by atoms with Crippen molar-refractivity contribution in [2.75, 3.05) is 6.26 Å². The van der Waals surface area contributed by atoms with Gasteiger partial charge >= 0.3 is 0 Å². The maximum Gasteiger partial charge on any atom is 0.159 e. The number of hydrogen-bond acceptors (Lipinski definition) is 4. The molecule has 10 heavy (non-hydrogen) atoms. The summed E-state index contributed by atoms with van der Waals surface area (Å²) in [5.74, 6) is 0. The molecule has 0 radical (unpaired) electrons. The molecule has 0 atom stereocenters. The first-order valence-electron chi connectivity index (χ1n) is 2.38. The smallest absolute Gasteiger partial charge is 0.159 e. The second-order valence-electron chi connectivity index (χ2n) is 1.42. The molecule has 1 aromatic heterocycles. The number of hydrogen-bond donors (Lipinski definition) is 0. The van der Waals surface area contributed by atoms with Crippen molar-refractivity contribution < 1.29 is 0 Å². The number of halogens is 1. The van der Waals surface area contributed by atoms with Crippen molar-refractivity contribution in [3.8, 4) is 6.07 Å². The Balaban J connectivity index is 3.07. The quantitative estimate of drug-likeness (QED) is 0.639. The van der Waals surface area contributed by atoms with Gasteiger partial charge in [-0.15, -0.1) is 0 Å². The highest BCUT2D eigenvalue weighted by atomic mass is 35.5. The molecule has 0 saturated carbocycles. The van der Waals surface area contributed by atoms with E-state index in [1.807, 2.05) is 12.3 Å². The third-order valence-electron chi connectivity index (χ3n) is 0.842. The highest BCUT2D eigenvalue weighted by Crippen LogP contribution is 2.27. The molecule has 0 aromatic carbocycles. The first-order valence-corrected chi connectivity index (χ1v) is 4.80. The zero-order chi connectivity index (χ0) is 7.56. The fourth-order valence-corrected chi connectivity index (χ4v) is 2.04. The van der Waals surface area contributed by atoms with Crippen molar-refractivity contribution in [2.45, 2.75) is 4.34 Å². The van der Waals surface area contributed by atoms with Crippen LogP contribution in [0.1, 0.15) is 4.88 Å². The number of thioether (sulfide) groups is 1. The molecule has 0 bridgehead atoms. The molecule has 52 valence electrons. The summed E-state index contributed by atoms with van der Waals surface area (Å²) < 4.78 is 0.835. The maximum absolute atomic E-state index is 8.45. The Morgan fingerprint density at radius 3 is 2.80 bits per heavy atom. The minimum absolute atomic E-state index is 0.317. The van der Waals surface area contributed by atoms with Crippen LogP contribution in [-0.4, -0.2) is 11.2 Å². The Kier molecular flexibility index (Phi) is 2.55. The molecule has 0 unspecified atom stereocenters. The summed E-state index contributed by atoms with van der Waals surface area (Å²) in [5, 5.41) is 8.77. The Morgan fingerprint density at radius 2 is 2.50 bits per heavy atom. The van der Waals surface area contributed by atoms with Gasteiger partial charge in [0.15, 0.2) is 9.49 Å². The predicted octanol–water partition coefficient (Wildman–Crippen LogP) is 2.39. The largest absolute Gasteiger partial charge is 0.216 e. The molecule has 1 heterocycles. The van der Waals surface area contributed by atoms with Gasteiger partial charge in [0.2, 0.25) is 0 Å². The highest BCUT2D eigenvalue weighted by Gasteiger charge is 2.06. The van der Waals surface area contributed by atoms with Crippen molar-refractivity contribution in [2.24, 2.45) is 0 Å². The number of aromatic nitrogens is 1. The molecule has 0 fully saturated rings. The standard InChI is InChI=1S/C5H3ClN2S2/c1-9-5-8-4(6)3(2-7)10-5/h1H3. The van der Waals surface area contributed by atoms with Crippen LogP contribution in [0.25, 0.3) is 0 Å². The van der Waals surface area contributed by atoms with E-state index in [1.54, 1.807) is 0 Å². The van der Waals surface area contributed by atoms with Gasteiger partial charge in [-0.1, -0.05) is 34.7 Å². The fourth-order valence-electron chi connectivity index (χ4n) is 0.439. The number of nitrogens with zero attached hydrogens (tertiary/aromatic N) is 2. The zero-order valence-electron chi connectivity index (χ0n) is 5.09. The summed E-state index contributed by atoms with van der Waals surface area (Å²) in [5.41, 5.74) is 0. The summed E-state index contributed by atoms with van der Waals surface area (Å²) >= 11 is 8.40. The van der Waals surface area contributed by atoms with E-state index in [-0.39, 0.29) is 0 Å². The van der Waals surface area contributed by atoms with Gasteiger partial charge in [0.25, 0.3) is 0 Å². The molecule has 1 rings (SSSR count). The SMILES string of the molecule is CSc1nc(Cl)c(C#N)s1. The monoisotopic (exact) mass is 190 g/mol. The van der Waals surface area contributed by atoms with Crippen molar-refractivity contribution in [3.63, 3.8) is 0 Å². The van der Waals surface area contributed by atoms with Gasteiger partial charge in [-0.05, 0) is 6.26 Å². The van der Waals surface area contributed by atoms with E-state index in [0.717, 1.165) is 4.34 Å². The van der Waals surface area contributed by atoms with E-state index in [1.165, 1.54) is 23.1 Å². The fraction of sp³-hybridized carbons (Fsp3) is 0.200. The summed E-state index contributed by atoms with van der Waals surface area (Å²) in [6.45, 7) is 0. The molecule has 0 saturated heterocycles. The van der Waals surface area contributed by atoms with E-state index in [0.29, 0.717) is 10.0 Å². The summed E-state index contributed by atoms with van der Waals surface area (Å²) in [4.78, 5) is 4.42. The normalized spacial score (nSPS) is 9.30. The molecule has 0 aliphatic carbocycles. The summed E-state index contributed by atoms with van der Waals surface area (Å²) in [6.07, 6.45) is 1.90. The van der Waals surface area contributed by atoms with Crippen LogP contribution in [0.3, 0.4) is 0 Å². The molecular weight excluding hydrogens is 188 g/mol. The lowest BCUT2D eigenvalue weighted by molar-refractivity contribution is 1.25. The van der Waals surface area contributed by atoms with E-state index < -0.39 is 0 Å². The molecule has 2 nitrogen and oxygen atoms in total. The molecule has 0 aliphatic rings. The van der Waals surface area contributed by atoms with Crippen LogP contribution in [-0.2, 0) is 0 Å². The topological polar surface area (TPSA) is 36.7 Å². The average Bonchev–Trinajstić information content (AvgIpc) is 2.30. The van der Waals surface area contributed by atoms with Gasteiger partial charge in [0.1, 0.15) is 10.9 Å². The zero-order valence-corrected chi connectivity index (χ0v) is 7.48. The van der Waals surface area contributed by atoms with Crippen molar-refractivity contribution >= 4 is 34.7 Å². The van der Waals surface area contributed by atoms with Crippen molar-refractivity contribution in [3.05, 3.63) is 10.0 Å². The molecular formula is C5H3ClN2S2. The van der Waals surface area contributed by atoms with Gasteiger partial charge < -0.3 is 0 Å². The Morgan fingerprint density at radius 1 is 1.80 bits per heavy atom. The molecule has 0 aliphatic heterocycles. The second kappa shape index (κ2) is 3.24. The van der Waals surface area contributed by atoms with Crippen molar-refractivity contribution in [1.29, 1.82) is 5.26 Å². The molecule has 0 N–H and O–H groups in total. The Hall–Kier alpha value is -0.240. The van der Waals surface area contributed by atoms with E-state index in [2.05, 4.69) is 4.98 Å². The summed E-state index contributed by atoms with van der Waals surface area (Å²) in [6, 6.07) is 1.96. The Labute approximate surface area is 71.8 Å². The lowest BCUT2D eigenvalue weighted by atomic mass is 10.6. The lowest BCUT2D eigenvalue weighted by Gasteiger charge is -1.77. The number of nitriles is 1. The van der Waals surface area contributed by atoms with Crippen LogP contribution < -0.4 is 0 Å². The number of thiazole rings is 1. The molecule has 0 spiro atoms. The minimum Gasteiger partial charge on any atom is -0.216 e. The minimum atomic E-state index is 0.317. The first kappa shape index (κ1) is 7.86. The van der Waals surface area contributed by atoms with Crippen LogP contribution in [0, 0.1) is 11.3 Å². The Bertz CT molecular complexity index is 276. The second-order valence-corrected chi connectivity index (χ2v) is 3.83. The lowest BCUT2D eigenvalue weighted by Crippen LogP contribution is -1.65. The molecule has 5 heteroatoms. The first-order chi connectivity index (χ1) is 4.77. The third-order valence-corrected chi connectivity index (χ3v) is 3.17. The van der Waals surface area contributed by atoms with Crippen LogP contribution in [0.5, 0.6) is 0 Å². The van der Waals surface area contributed by atoms with Crippen LogP contribution >= 0.6 is 34.7 Å². The summed E-state index contributed by atoms with van der Waals surface area (Å²) in [7, 11) is 0. The van der Waals surface area contributed by atoms with Gasteiger partial charge in [-0.25, -0.2) is 4.98 Å². The van der Waals surface area contributed by atoms with Gasteiger partial charge in [0.05, 0.1) is 0 Å². The third kappa shape index (κ3) is 1.43. The van der Waals surface area contributed by atoms with E-state index >= 15 is 0 Å². The molecule has 1 aromatic rings. The van der Waals surface area contributed by atoms with Gasteiger partial charge in [-0.2, -0.15) is 5.26 Å². The van der Waals surface area contributed by atoms with E-state index in [4.69, 9.17) is 16.9 Å². The van der Waals surface area contributed by atoms with Gasteiger partial charge in [-0.3, -0.25) is 0 Å². The van der Waals surface area contributed by atoms with Crippen LogP contribution in [0.2, 0.25) is 5.15 Å². The predicted molar refractivity (Wildman–Crippen MR) is 43.6 cm³/mol. The van der Waals surface area contributed by atoms with Crippen LogP contribution in [0.15, 0.2) is 4.34 Å². The van der Waals surface area contributed by atoms with Gasteiger partial charge in [0, 0.05) is 0 Å². The molecule has 0 amide bonds. The average molecular weight is 191 g/mol. The maximum atomic E-state index is 8.45.